The summed E-state index contributed by atoms with van der Waals surface area (Å²) >= 11 is 0. The first-order valence-corrected chi connectivity index (χ1v) is 5.98. The summed E-state index contributed by atoms with van der Waals surface area (Å²) in [6.07, 6.45) is 3.82. The van der Waals surface area contributed by atoms with E-state index >= 15 is 0 Å². The number of amides is 1. The summed E-state index contributed by atoms with van der Waals surface area (Å²) in [4.78, 5) is 24.5. The predicted octanol–water partition coefficient (Wildman–Crippen LogP) is 1.59. The number of nitrogens with zero attached hydrogens (tertiary/aromatic N) is 1. The van der Waals surface area contributed by atoms with E-state index in [-0.39, 0.29) is 11.9 Å². The van der Waals surface area contributed by atoms with Gasteiger partial charge in [0.1, 0.15) is 0 Å². The van der Waals surface area contributed by atoms with Gasteiger partial charge in [0.2, 0.25) is 5.91 Å². The predicted molar refractivity (Wildman–Crippen MR) is 60.8 cm³/mol. The molecule has 1 aliphatic rings. The Morgan fingerprint density at radius 3 is 2.94 bits per heavy atom. The van der Waals surface area contributed by atoms with Gasteiger partial charge in [0.15, 0.2) is 0 Å². The van der Waals surface area contributed by atoms with E-state index in [1.165, 1.54) is 7.11 Å². The smallest absolute Gasteiger partial charge is 0.305 e. The summed E-state index contributed by atoms with van der Waals surface area (Å²) in [5, 5.41) is 0. The van der Waals surface area contributed by atoms with Gasteiger partial charge < -0.3 is 9.64 Å². The summed E-state index contributed by atoms with van der Waals surface area (Å²) in [5.41, 5.74) is 0. The van der Waals surface area contributed by atoms with E-state index in [1.807, 2.05) is 4.90 Å². The Labute approximate surface area is 96.9 Å². The van der Waals surface area contributed by atoms with Crippen molar-refractivity contribution in [1.82, 2.24) is 4.90 Å². The minimum absolute atomic E-state index is 0.198. The maximum Gasteiger partial charge on any atom is 0.305 e. The molecule has 0 aliphatic carbocycles. The van der Waals surface area contributed by atoms with E-state index in [0.29, 0.717) is 31.7 Å². The lowest BCUT2D eigenvalue weighted by molar-refractivity contribution is -0.141. The second kappa shape index (κ2) is 6.51. The SMILES string of the molecule is COC(=O)CCCN1CCC(C)CCC1=O. The van der Waals surface area contributed by atoms with Gasteiger partial charge in [-0.25, -0.2) is 0 Å². The number of hydrogen-bond donors (Lipinski definition) is 0. The van der Waals surface area contributed by atoms with Crippen molar-refractivity contribution in [3.05, 3.63) is 0 Å². The van der Waals surface area contributed by atoms with Crippen molar-refractivity contribution in [3.8, 4) is 0 Å². The van der Waals surface area contributed by atoms with E-state index in [0.717, 1.165) is 19.4 Å². The Morgan fingerprint density at radius 1 is 1.50 bits per heavy atom. The molecule has 16 heavy (non-hydrogen) atoms. The Hall–Kier alpha value is -1.06. The van der Waals surface area contributed by atoms with E-state index < -0.39 is 0 Å². The van der Waals surface area contributed by atoms with Gasteiger partial charge in [-0.3, -0.25) is 9.59 Å². The van der Waals surface area contributed by atoms with Crippen molar-refractivity contribution in [3.63, 3.8) is 0 Å². The highest BCUT2D eigenvalue weighted by atomic mass is 16.5. The van der Waals surface area contributed by atoms with Crippen molar-refractivity contribution >= 4 is 11.9 Å². The second-order valence-electron chi connectivity index (χ2n) is 4.49. The van der Waals surface area contributed by atoms with Crippen LogP contribution in [-0.2, 0) is 14.3 Å². The molecule has 0 radical (unpaired) electrons. The summed E-state index contributed by atoms with van der Waals surface area (Å²) in [6.45, 7) is 3.70. The van der Waals surface area contributed by atoms with Gasteiger partial charge in [-0.05, 0) is 25.2 Å². The molecule has 1 saturated heterocycles. The van der Waals surface area contributed by atoms with E-state index in [4.69, 9.17) is 0 Å². The third-order valence-electron chi connectivity index (χ3n) is 3.13. The number of carbonyl (C=O) groups excluding carboxylic acids is 2. The standard InChI is InChI=1S/C12H21NO3/c1-10-5-6-11(14)13(9-7-10)8-3-4-12(15)16-2/h10H,3-9H2,1-2H3. The number of rotatable bonds is 4. The molecule has 0 aromatic heterocycles. The van der Waals surface area contributed by atoms with Crippen LogP contribution in [0.1, 0.15) is 39.0 Å². The highest BCUT2D eigenvalue weighted by Crippen LogP contribution is 2.17. The van der Waals surface area contributed by atoms with E-state index in [1.54, 1.807) is 0 Å². The zero-order valence-electron chi connectivity index (χ0n) is 10.2. The zero-order chi connectivity index (χ0) is 12.0. The van der Waals surface area contributed by atoms with Crippen LogP contribution in [0, 0.1) is 5.92 Å². The van der Waals surface area contributed by atoms with Crippen LogP contribution < -0.4 is 0 Å². The quantitative estimate of drug-likeness (QED) is 0.685. The highest BCUT2D eigenvalue weighted by molar-refractivity contribution is 5.76. The fourth-order valence-electron chi connectivity index (χ4n) is 1.93. The molecular weight excluding hydrogens is 206 g/mol. The van der Waals surface area contributed by atoms with E-state index in [2.05, 4.69) is 11.7 Å². The fourth-order valence-corrected chi connectivity index (χ4v) is 1.93. The largest absolute Gasteiger partial charge is 0.469 e. The molecule has 0 aromatic rings. The van der Waals surface area contributed by atoms with Gasteiger partial charge >= 0.3 is 5.97 Å². The van der Waals surface area contributed by atoms with Gasteiger partial charge in [0.05, 0.1) is 7.11 Å². The monoisotopic (exact) mass is 227 g/mol. The number of hydrogen-bond acceptors (Lipinski definition) is 3. The molecule has 4 nitrogen and oxygen atoms in total. The third kappa shape index (κ3) is 4.21. The van der Waals surface area contributed by atoms with Gasteiger partial charge in [0, 0.05) is 25.9 Å². The normalized spacial score (nSPS) is 21.8. The Morgan fingerprint density at radius 2 is 2.25 bits per heavy atom. The number of methoxy groups -OCH3 is 1. The summed E-state index contributed by atoms with van der Waals surface area (Å²) in [6, 6.07) is 0. The van der Waals surface area contributed by atoms with Crippen LogP contribution in [0.25, 0.3) is 0 Å². The topological polar surface area (TPSA) is 46.6 Å². The van der Waals surface area contributed by atoms with Crippen LogP contribution >= 0.6 is 0 Å². The minimum Gasteiger partial charge on any atom is -0.469 e. The lowest BCUT2D eigenvalue weighted by atomic mass is 10.0. The Balaban J connectivity index is 2.29. The van der Waals surface area contributed by atoms with Crippen LogP contribution in [-0.4, -0.2) is 37.0 Å². The van der Waals surface area contributed by atoms with Crippen LogP contribution in [0.4, 0.5) is 0 Å². The fraction of sp³-hybridized carbons (Fsp3) is 0.833. The van der Waals surface area contributed by atoms with Crippen LogP contribution in [0.5, 0.6) is 0 Å². The van der Waals surface area contributed by atoms with Gasteiger partial charge in [0.25, 0.3) is 0 Å². The summed E-state index contributed by atoms with van der Waals surface area (Å²) < 4.78 is 4.57. The molecule has 0 bridgehead atoms. The number of likely N-dealkylation sites (tertiary alicyclic amines) is 1. The molecule has 1 aliphatic heterocycles. The molecule has 0 N–H and O–H groups in total. The summed E-state index contributed by atoms with van der Waals surface area (Å²) in [5.74, 6) is 0.666. The first-order chi connectivity index (χ1) is 7.63. The number of esters is 1. The maximum absolute atomic E-state index is 11.7. The molecule has 0 saturated carbocycles. The first-order valence-electron chi connectivity index (χ1n) is 5.98. The molecule has 1 fully saturated rings. The third-order valence-corrected chi connectivity index (χ3v) is 3.13. The molecule has 1 unspecified atom stereocenters. The van der Waals surface area contributed by atoms with Gasteiger partial charge in [-0.1, -0.05) is 6.92 Å². The van der Waals surface area contributed by atoms with E-state index in [9.17, 15) is 9.59 Å². The molecule has 0 aromatic carbocycles. The molecule has 0 spiro atoms. The Kier molecular flexibility index (Phi) is 5.29. The highest BCUT2D eigenvalue weighted by Gasteiger charge is 2.19. The molecule has 1 heterocycles. The molecule has 1 amide bonds. The van der Waals surface area contributed by atoms with Crippen molar-refractivity contribution in [2.75, 3.05) is 20.2 Å². The first kappa shape index (κ1) is 13.0. The van der Waals surface area contributed by atoms with Crippen LogP contribution in [0.3, 0.4) is 0 Å². The average molecular weight is 227 g/mol. The van der Waals surface area contributed by atoms with Crippen molar-refractivity contribution < 1.29 is 14.3 Å². The lowest BCUT2D eigenvalue weighted by Gasteiger charge is -2.20. The molecule has 1 atom stereocenters. The molecular formula is C12H21NO3. The van der Waals surface area contributed by atoms with Crippen molar-refractivity contribution in [2.24, 2.45) is 5.92 Å². The number of ether oxygens (including phenoxy) is 1. The Bertz CT molecular complexity index is 253. The van der Waals surface area contributed by atoms with Crippen LogP contribution in [0.15, 0.2) is 0 Å². The van der Waals surface area contributed by atoms with Crippen molar-refractivity contribution in [1.29, 1.82) is 0 Å². The van der Waals surface area contributed by atoms with Crippen LogP contribution in [0.2, 0.25) is 0 Å². The summed E-state index contributed by atoms with van der Waals surface area (Å²) in [7, 11) is 1.39. The maximum atomic E-state index is 11.7. The average Bonchev–Trinajstić information content (AvgIpc) is 2.43. The lowest BCUT2D eigenvalue weighted by Crippen LogP contribution is -2.31. The number of carbonyl (C=O) groups is 2. The molecule has 1 rings (SSSR count). The second-order valence-corrected chi connectivity index (χ2v) is 4.49. The van der Waals surface area contributed by atoms with Crippen molar-refractivity contribution in [2.45, 2.75) is 39.0 Å². The van der Waals surface area contributed by atoms with Gasteiger partial charge in [-0.15, -0.1) is 0 Å². The molecule has 4 heteroatoms. The molecule has 92 valence electrons. The minimum atomic E-state index is -0.198. The zero-order valence-corrected chi connectivity index (χ0v) is 10.2. The van der Waals surface area contributed by atoms with Gasteiger partial charge in [-0.2, -0.15) is 0 Å².